The van der Waals surface area contributed by atoms with Gasteiger partial charge in [0.05, 0.1) is 11.1 Å². The van der Waals surface area contributed by atoms with E-state index in [4.69, 9.17) is 0 Å². The van der Waals surface area contributed by atoms with E-state index in [-0.39, 0.29) is 23.7 Å². The van der Waals surface area contributed by atoms with E-state index in [1.54, 1.807) is 11.1 Å². The zero-order chi connectivity index (χ0) is 25.2. The van der Waals surface area contributed by atoms with Crippen LogP contribution in [0.25, 0.3) is 31.8 Å². The van der Waals surface area contributed by atoms with Crippen molar-refractivity contribution < 1.29 is 13.6 Å². The molecule has 1 aromatic carbocycles. The Hall–Kier alpha value is -3.70. The minimum Gasteiger partial charge on any atom is -0.352 e. The van der Waals surface area contributed by atoms with Crippen molar-refractivity contribution >= 4 is 33.4 Å². The lowest BCUT2D eigenvalue weighted by Gasteiger charge is -2.16. The Kier molecular flexibility index (Phi) is 6.75. The molecular formula is C25H25F2N7OS. The predicted molar refractivity (Wildman–Crippen MR) is 137 cm³/mol. The molecule has 3 aromatic heterocycles. The van der Waals surface area contributed by atoms with Crippen molar-refractivity contribution in [3.63, 3.8) is 0 Å². The fraction of sp³-hybridized carbons (Fsp3) is 0.280. The van der Waals surface area contributed by atoms with Crippen LogP contribution in [-0.2, 0) is 0 Å². The summed E-state index contributed by atoms with van der Waals surface area (Å²) in [4.78, 5) is 26.3. The van der Waals surface area contributed by atoms with Crippen LogP contribution < -0.4 is 16.0 Å². The van der Waals surface area contributed by atoms with Gasteiger partial charge < -0.3 is 20.9 Å². The average molecular weight is 510 g/mol. The van der Waals surface area contributed by atoms with Crippen LogP contribution in [0.3, 0.4) is 0 Å². The Bertz CT molecular complexity index is 1430. The molecule has 0 saturated carbocycles. The van der Waals surface area contributed by atoms with Gasteiger partial charge in [0.15, 0.2) is 5.82 Å². The quantitative estimate of drug-likeness (QED) is 0.305. The molecule has 1 aliphatic heterocycles. The van der Waals surface area contributed by atoms with E-state index in [0.717, 1.165) is 33.0 Å². The lowest BCUT2D eigenvalue weighted by atomic mass is 9.97. The first kappa shape index (κ1) is 24.0. The number of nitrogens with zero attached hydrogens (tertiary/aromatic N) is 4. The third kappa shape index (κ3) is 4.71. The van der Waals surface area contributed by atoms with Crippen LogP contribution in [0.2, 0.25) is 0 Å². The van der Waals surface area contributed by atoms with Gasteiger partial charge in [0.25, 0.3) is 0 Å². The van der Waals surface area contributed by atoms with Gasteiger partial charge in [-0.05, 0) is 36.6 Å². The molecule has 36 heavy (non-hydrogen) atoms. The van der Waals surface area contributed by atoms with Crippen molar-refractivity contribution in [1.82, 2.24) is 30.5 Å². The summed E-state index contributed by atoms with van der Waals surface area (Å²) >= 11 is 1.39. The second-order valence-corrected chi connectivity index (χ2v) is 9.53. The summed E-state index contributed by atoms with van der Waals surface area (Å²) in [5, 5.41) is 9.91. The molecule has 11 heteroatoms. The second kappa shape index (κ2) is 10.1. The SMILES string of the molecule is CN[C@H](C)c1cnc(F)cc1-c1cccc2cc(-c3nc(NCCN4CCNC4=O)ncc3F)sc12. The molecule has 8 nitrogen and oxygen atoms in total. The van der Waals surface area contributed by atoms with E-state index in [1.807, 2.05) is 38.2 Å². The number of carbonyl (C=O) groups excluding carboxylic acids is 1. The molecule has 186 valence electrons. The molecule has 3 N–H and O–H groups in total. The summed E-state index contributed by atoms with van der Waals surface area (Å²) < 4.78 is 29.9. The van der Waals surface area contributed by atoms with E-state index < -0.39 is 11.8 Å². The molecule has 4 heterocycles. The Morgan fingerprint density at radius 1 is 1.19 bits per heavy atom. The number of pyridine rings is 1. The molecule has 0 aliphatic carbocycles. The largest absolute Gasteiger partial charge is 0.352 e. The fourth-order valence-electron chi connectivity index (χ4n) is 4.22. The van der Waals surface area contributed by atoms with E-state index in [0.29, 0.717) is 31.1 Å². The van der Waals surface area contributed by atoms with Crippen molar-refractivity contribution in [2.45, 2.75) is 13.0 Å². The Morgan fingerprint density at radius 3 is 2.83 bits per heavy atom. The monoisotopic (exact) mass is 509 g/mol. The highest BCUT2D eigenvalue weighted by Crippen LogP contribution is 2.41. The highest BCUT2D eigenvalue weighted by molar-refractivity contribution is 7.22. The third-order valence-corrected chi connectivity index (χ3v) is 7.41. The predicted octanol–water partition coefficient (Wildman–Crippen LogP) is 4.42. The van der Waals surface area contributed by atoms with E-state index in [2.05, 4.69) is 30.9 Å². The van der Waals surface area contributed by atoms with Gasteiger partial charge in [-0.1, -0.05) is 18.2 Å². The number of benzene rings is 1. The number of hydrogen-bond acceptors (Lipinski definition) is 7. The van der Waals surface area contributed by atoms with Crippen LogP contribution in [-0.4, -0.2) is 59.1 Å². The van der Waals surface area contributed by atoms with Crippen LogP contribution >= 0.6 is 11.3 Å². The number of halogens is 2. The van der Waals surface area contributed by atoms with Gasteiger partial charge in [0, 0.05) is 54.7 Å². The lowest BCUT2D eigenvalue weighted by molar-refractivity contribution is 0.219. The number of hydrogen-bond donors (Lipinski definition) is 3. The Balaban J connectivity index is 1.47. The van der Waals surface area contributed by atoms with Crippen molar-refractivity contribution in [2.24, 2.45) is 0 Å². The van der Waals surface area contributed by atoms with E-state index in [1.165, 1.54) is 17.4 Å². The molecule has 0 bridgehead atoms. The van der Waals surface area contributed by atoms with Crippen molar-refractivity contribution in [1.29, 1.82) is 0 Å². The highest BCUT2D eigenvalue weighted by Gasteiger charge is 2.20. The van der Waals surface area contributed by atoms with Gasteiger partial charge in [0.2, 0.25) is 11.9 Å². The first-order chi connectivity index (χ1) is 17.4. The van der Waals surface area contributed by atoms with Crippen LogP contribution in [0.1, 0.15) is 18.5 Å². The zero-order valence-corrected chi connectivity index (χ0v) is 20.6. The maximum absolute atomic E-state index is 14.8. The van der Waals surface area contributed by atoms with Gasteiger partial charge in [0.1, 0.15) is 5.69 Å². The molecule has 1 aliphatic rings. The number of amides is 2. The molecule has 4 aromatic rings. The van der Waals surface area contributed by atoms with Gasteiger partial charge in [-0.15, -0.1) is 11.3 Å². The lowest BCUT2D eigenvalue weighted by Crippen LogP contribution is -2.32. The van der Waals surface area contributed by atoms with Crippen molar-refractivity contribution in [3.05, 3.63) is 60.1 Å². The summed E-state index contributed by atoms with van der Waals surface area (Å²) in [6.45, 7) is 4.19. The van der Waals surface area contributed by atoms with Crippen molar-refractivity contribution in [2.75, 3.05) is 38.5 Å². The standard InChI is InChI=1S/C25H25F2N7OS/c1-14(28-2)18-12-31-21(27)11-17(18)16-5-3-4-15-10-20(36-23(15)16)22-19(26)13-32-24(33-22)29-6-8-34-9-7-30-25(34)35/h3-5,10-14,28H,6-9H2,1-2H3,(H,30,35)(H,29,32,33)/t14-/m1/s1. The molecule has 0 unspecified atom stereocenters. The van der Waals surface area contributed by atoms with Crippen LogP contribution in [0.15, 0.2) is 42.7 Å². The fourth-order valence-corrected chi connectivity index (χ4v) is 5.40. The second-order valence-electron chi connectivity index (χ2n) is 8.48. The van der Waals surface area contributed by atoms with Crippen LogP contribution in [0, 0.1) is 11.8 Å². The molecular weight excluding hydrogens is 484 g/mol. The molecule has 5 rings (SSSR count). The van der Waals surface area contributed by atoms with Gasteiger partial charge >= 0.3 is 6.03 Å². The van der Waals surface area contributed by atoms with E-state index in [9.17, 15) is 13.6 Å². The smallest absolute Gasteiger partial charge is 0.317 e. The summed E-state index contributed by atoms with van der Waals surface area (Å²) in [5.74, 6) is -0.813. The van der Waals surface area contributed by atoms with Crippen LogP contribution in [0.4, 0.5) is 19.5 Å². The minimum absolute atomic E-state index is 0.0395. The summed E-state index contributed by atoms with van der Waals surface area (Å²) in [6, 6.07) is 8.95. The van der Waals surface area contributed by atoms with Gasteiger partial charge in [-0.2, -0.15) is 4.39 Å². The molecule has 1 atom stereocenters. The molecule has 0 spiro atoms. The van der Waals surface area contributed by atoms with Crippen LogP contribution in [0.5, 0.6) is 0 Å². The molecule has 1 saturated heterocycles. The number of carbonyl (C=O) groups is 1. The van der Waals surface area contributed by atoms with E-state index >= 15 is 0 Å². The first-order valence-electron chi connectivity index (χ1n) is 11.6. The average Bonchev–Trinajstić information content (AvgIpc) is 3.50. The molecule has 1 fully saturated rings. The summed E-state index contributed by atoms with van der Waals surface area (Å²) in [5.41, 5.74) is 2.63. The normalized spacial score (nSPS) is 14.3. The summed E-state index contributed by atoms with van der Waals surface area (Å²) in [7, 11) is 1.84. The van der Waals surface area contributed by atoms with Gasteiger partial charge in [-0.3, -0.25) is 0 Å². The Morgan fingerprint density at radius 2 is 2.06 bits per heavy atom. The zero-order valence-electron chi connectivity index (χ0n) is 19.8. The maximum Gasteiger partial charge on any atom is 0.317 e. The highest BCUT2D eigenvalue weighted by atomic mass is 32.1. The topological polar surface area (TPSA) is 95.1 Å². The third-order valence-electron chi connectivity index (χ3n) is 6.22. The first-order valence-corrected chi connectivity index (χ1v) is 12.4. The number of anilines is 1. The molecule has 2 amide bonds. The maximum atomic E-state index is 14.8. The number of thiophene rings is 1. The number of rotatable bonds is 8. The number of urea groups is 1. The summed E-state index contributed by atoms with van der Waals surface area (Å²) in [6.07, 6.45) is 2.69. The number of nitrogens with one attached hydrogen (secondary N) is 3. The number of aromatic nitrogens is 3. The van der Waals surface area contributed by atoms with Crippen molar-refractivity contribution in [3.8, 4) is 21.7 Å². The molecule has 0 radical (unpaired) electrons. The number of fused-ring (bicyclic) bond motifs is 1. The Labute approximate surface area is 210 Å². The van der Waals surface area contributed by atoms with Gasteiger partial charge in [-0.25, -0.2) is 24.1 Å². The minimum atomic E-state index is -0.560.